The summed E-state index contributed by atoms with van der Waals surface area (Å²) in [6.07, 6.45) is 3.21. The summed E-state index contributed by atoms with van der Waals surface area (Å²) in [6, 6.07) is 0. The molecule has 4 nitrogen and oxygen atoms in total. The number of carbonyl (C=O) groups is 1. The molecule has 0 radical (unpaired) electrons. The van der Waals surface area contributed by atoms with Crippen LogP contribution in [0.1, 0.15) is 30.6 Å². The molecule has 1 saturated heterocycles. The molecule has 1 aromatic heterocycles. The second-order valence-corrected chi connectivity index (χ2v) is 5.21. The van der Waals surface area contributed by atoms with E-state index in [4.69, 9.17) is 11.6 Å². The van der Waals surface area contributed by atoms with Crippen molar-refractivity contribution in [1.29, 1.82) is 0 Å². The van der Waals surface area contributed by atoms with Gasteiger partial charge in [0.1, 0.15) is 17.3 Å². The van der Waals surface area contributed by atoms with Gasteiger partial charge in [-0.25, -0.2) is 9.97 Å². The first kappa shape index (κ1) is 11.3. The van der Waals surface area contributed by atoms with Crippen molar-refractivity contribution in [2.45, 2.75) is 20.3 Å². The predicted octanol–water partition coefficient (Wildman–Crippen LogP) is 2.18. The Kier molecular flexibility index (Phi) is 2.84. The predicted molar refractivity (Wildman–Crippen MR) is 63.0 cm³/mol. The Bertz CT molecular complexity index is 420. The molecule has 1 fully saturated rings. The molecule has 1 aliphatic heterocycles. The van der Waals surface area contributed by atoms with Gasteiger partial charge in [0.15, 0.2) is 6.29 Å². The summed E-state index contributed by atoms with van der Waals surface area (Å²) in [4.78, 5) is 21.0. The fourth-order valence-corrected chi connectivity index (χ4v) is 2.18. The Hall–Kier alpha value is -1.16. The normalized spacial score (nSPS) is 18.8. The number of anilines is 1. The van der Waals surface area contributed by atoms with Crippen molar-refractivity contribution in [2.24, 2.45) is 5.41 Å². The maximum Gasteiger partial charge on any atom is 0.156 e. The highest BCUT2D eigenvalue weighted by Gasteiger charge is 2.31. The smallest absolute Gasteiger partial charge is 0.156 e. The third-order valence-corrected chi connectivity index (χ3v) is 3.21. The number of rotatable bonds is 2. The minimum Gasteiger partial charge on any atom is -0.355 e. The lowest BCUT2D eigenvalue weighted by Crippen LogP contribution is -2.25. The molecule has 1 aromatic rings. The molecule has 2 rings (SSSR count). The summed E-state index contributed by atoms with van der Waals surface area (Å²) in [5, 5.41) is 0.227. The van der Waals surface area contributed by atoms with Crippen LogP contribution in [0.4, 0.5) is 5.82 Å². The van der Waals surface area contributed by atoms with Crippen LogP contribution < -0.4 is 4.90 Å². The average Bonchev–Trinajstić information content (AvgIpc) is 2.58. The number of nitrogens with zero attached hydrogens (tertiary/aromatic N) is 3. The van der Waals surface area contributed by atoms with Gasteiger partial charge in [-0.2, -0.15) is 0 Å². The first-order valence-corrected chi connectivity index (χ1v) is 5.62. The molecular formula is C11H14ClN3O. The molecule has 2 heterocycles. The number of aldehydes is 1. The summed E-state index contributed by atoms with van der Waals surface area (Å²) >= 11 is 5.87. The van der Waals surface area contributed by atoms with Gasteiger partial charge in [0.25, 0.3) is 0 Å². The summed E-state index contributed by atoms with van der Waals surface area (Å²) in [7, 11) is 0. The van der Waals surface area contributed by atoms with E-state index >= 15 is 0 Å². The fourth-order valence-electron chi connectivity index (χ4n) is 2.01. The summed E-state index contributed by atoms with van der Waals surface area (Å²) in [5.74, 6) is 0.653. The largest absolute Gasteiger partial charge is 0.355 e. The fraction of sp³-hybridized carbons (Fsp3) is 0.545. The van der Waals surface area contributed by atoms with E-state index in [0.29, 0.717) is 11.4 Å². The maximum absolute atomic E-state index is 11.0. The van der Waals surface area contributed by atoms with Crippen LogP contribution in [0.25, 0.3) is 0 Å². The zero-order valence-corrected chi connectivity index (χ0v) is 10.2. The second-order valence-electron chi connectivity index (χ2n) is 4.86. The lowest BCUT2D eigenvalue weighted by Gasteiger charge is -2.21. The van der Waals surface area contributed by atoms with Gasteiger partial charge < -0.3 is 4.90 Å². The van der Waals surface area contributed by atoms with Crippen LogP contribution in [0.5, 0.6) is 0 Å². The number of hydrogen-bond donors (Lipinski definition) is 0. The molecular weight excluding hydrogens is 226 g/mol. The highest BCUT2D eigenvalue weighted by atomic mass is 35.5. The first-order valence-electron chi connectivity index (χ1n) is 5.24. The van der Waals surface area contributed by atoms with Crippen LogP contribution in [0.3, 0.4) is 0 Å². The van der Waals surface area contributed by atoms with Crippen molar-refractivity contribution in [3.8, 4) is 0 Å². The number of aromatic nitrogens is 2. The lowest BCUT2D eigenvalue weighted by atomic mass is 9.93. The Morgan fingerprint density at radius 3 is 2.81 bits per heavy atom. The molecule has 0 bridgehead atoms. The van der Waals surface area contributed by atoms with Gasteiger partial charge in [-0.3, -0.25) is 4.79 Å². The van der Waals surface area contributed by atoms with E-state index in [-0.39, 0.29) is 10.6 Å². The molecule has 0 atom stereocenters. The van der Waals surface area contributed by atoms with Crippen LogP contribution in [-0.2, 0) is 0 Å². The van der Waals surface area contributed by atoms with E-state index in [0.717, 1.165) is 25.8 Å². The summed E-state index contributed by atoms with van der Waals surface area (Å²) in [5.41, 5.74) is 0.652. The van der Waals surface area contributed by atoms with E-state index in [1.54, 1.807) is 0 Å². The van der Waals surface area contributed by atoms with Gasteiger partial charge in [-0.15, -0.1) is 0 Å². The van der Waals surface area contributed by atoms with E-state index in [1.165, 1.54) is 6.33 Å². The molecule has 86 valence electrons. The van der Waals surface area contributed by atoms with Crippen molar-refractivity contribution in [3.63, 3.8) is 0 Å². The first-order chi connectivity index (χ1) is 7.53. The van der Waals surface area contributed by atoms with Crippen LogP contribution in [0.15, 0.2) is 6.33 Å². The van der Waals surface area contributed by atoms with Gasteiger partial charge >= 0.3 is 0 Å². The number of hydrogen-bond acceptors (Lipinski definition) is 4. The standard InChI is InChI=1S/C11H14ClN3O/c1-11(2)3-4-15(6-11)10-8(5-16)9(12)13-7-14-10/h5,7H,3-4,6H2,1-2H3. The second kappa shape index (κ2) is 4.01. The topological polar surface area (TPSA) is 46.1 Å². The molecule has 0 aliphatic carbocycles. The maximum atomic E-state index is 11.0. The molecule has 0 spiro atoms. The van der Waals surface area contributed by atoms with Crippen molar-refractivity contribution < 1.29 is 4.79 Å². The lowest BCUT2D eigenvalue weighted by molar-refractivity contribution is 0.112. The molecule has 16 heavy (non-hydrogen) atoms. The van der Waals surface area contributed by atoms with Crippen molar-refractivity contribution >= 4 is 23.7 Å². The third-order valence-electron chi connectivity index (χ3n) is 2.91. The van der Waals surface area contributed by atoms with Crippen LogP contribution in [0.2, 0.25) is 5.15 Å². The minimum absolute atomic E-state index is 0.227. The molecule has 0 N–H and O–H groups in total. The summed E-state index contributed by atoms with van der Waals surface area (Å²) < 4.78 is 0. The molecule has 0 unspecified atom stereocenters. The SMILES string of the molecule is CC1(C)CCN(c2ncnc(Cl)c2C=O)C1. The van der Waals surface area contributed by atoms with Gasteiger partial charge in [0, 0.05) is 13.1 Å². The van der Waals surface area contributed by atoms with Gasteiger partial charge in [-0.1, -0.05) is 25.4 Å². The van der Waals surface area contributed by atoms with Gasteiger partial charge in [0.05, 0.1) is 5.56 Å². The van der Waals surface area contributed by atoms with Gasteiger partial charge in [-0.05, 0) is 11.8 Å². The Morgan fingerprint density at radius 2 is 2.25 bits per heavy atom. The quantitative estimate of drug-likeness (QED) is 0.586. The highest BCUT2D eigenvalue weighted by Crippen LogP contribution is 2.33. The van der Waals surface area contributed by atoms with Crippen molar-refractivity contribution in [3.05, 3.63) is 17.0 Å². The minimum atomic E-state index is 0.227. The Labute approximate surface area is 99.6 Å². The van der Waals surface area contributed by atoms with Crippen LogP contribution >= 0.6 is 11.6 Å². The number of halogens is 1. The number of carbonyl (C=O) groups excluding carboxylic acids is 1. The van der Waals surface area contributed by atoms with Crippen LogP contribution in [0, 0.1) is 5.41 Å². The van der Waals surface area contributed by atoms with E-state index in [2.05, 4.69) is 28.7 Å². The molecule has 5 heteroatoms. The third kappa shape index (κ3) is 2.02. The zero-order chi connectivity index (χ0) is 11.8. The zero-order valence-electron chi connectivity index (χ0n) is 9.40. The Morgan fingerprint density at radius 1 is 1.50 bits per heavy atom. The molecule has 1 aliphatic rings. The molecule has 0 saturated carbocycles. The highest BCUT2D eigenvalue weighted by molar-refractivity contribution is 6.32. The molecule has 0 amide bonds. The van der Waals surface area contributed by atoms with Gasteiger partial charge in [0.2, 0.25) is 0 Å². The molecule has 0 aromatic carbocycles. The Balaban J connectivity index is 2.35. The van der Waals surface area contributed by atoms with Crippen molar-refractivity contribution in [2.75, 3.05) is 18.0 Å². The van der Waals surface area contributed by atoms with Crippen LogP contribution in [-0.4, -0.2) is 29.3 Å². The monoisotopic (exact) mass is 239 g/mol. The van der Waals surface area contributed by atoms with E-state index in [9.17, 15) is 4.79 Å². The average molecular weight is 240 g/mol. The van der Waals surface area contributed by atoms with E-state index in [1.807, 2.05) is 0 Å². The van der Waals surface area contributed by atoms with E-state index < -0.39 is 0 Å². The van der Waals surface area contributed by atoms with Crippen molar-refractivity contribution in [1.82, 2.24) is 9.97 Å². The summed E-state index contributed by atoms with van der Waals surface area (Å²) in [6.45, 7) is 6.20.